The van der Waals surface area contributed by atoms with Gasteiger partial charge in [-0.1, -0.05) is 13.3 Å². The average Bonchev–Trinajstić information content (AvgIpc) is 2.01. The van der Waals surface area contributed by atoms with E-state index in [4.69, 9.17) is 0 Å². The molecule has 1 aliphatic carbocycles. The van der Waals surface area contributed by atoms with E-state index in [2.05, 4.69) is 17.6 Å². The quantitative estimate of drug-likeness (QED) is 0.691. The molecular weight excluding hydrogens is 160 g/mol. The zero-order chi connectivity index (χ0) is 9.10. The molecule has 2 unspecified atom stereocenters. The number of rotatable bonds is 3. The van der Waals surface area contributed by atoms with Crippen LogP contribution in [0.5, 0.6) is 0 Å². The van der Waals surface area contributed by atoms with Gasteiger partial charge in [-0.3, -0.25) is 0 Å². The molecule has 1 saturated carbocycles. The molecule has 13 heavy (non-hydrogen) atoms. The van der Waals surface area contributed by atoms with E-state index in [0.717, 1.165) is 18.0 Å². The molecule has 2 heteroatoms. The maximum absolute atomic E-state index is 3.65. The Balaban J connectivity index is 1.62. The summed E-state index contributed by atoms with van der Waals surface area (Å²) in [5, 5.41) is 7.24. The maximum Gasteiger partial charge on any atom is 0.0195 e. The summed E-state index contributed by atoms with van der Waals surface area (Å²) in [6.07, 6.45) is 6.97. The summed E-state index contributed by atoms with van der Waals surface area (Å²) < 4.78 is 0. The molecule has 2 atom stereocenters. The molecule has 76 valence electrons. The van der Waals surface area contributed by atoms with Crippen LogP contribution in [-0.4, -0.2) is 25.2 Å². The Hall–Kier alpha value is -0.0800. The van der Waals surface area contributed by atoms with Gasteiger partial charge in [0, 0.05) is 18.6 Å². The highest BCUT2D eigenvalue weighted by atomic mass is 15.0. The molecule has 2 nitrogen and oxygen atoms in total. The fourth-order valence-electron chi connectivity index (χ4n) is 2.30. The van der Waals surface area contributed by atoms with Gasteiger partial charge < -0.3 is 10.6 Å². The summed E-state index contributed by atoms with van der Waals surface area (Å²) in [5.74, 6) is 0.925. The van der Waals surface area contributed by atoms with Gasteiger partial charge in [-0.2, -0.15) is 0 Å². The first-order valence-corrected chi connectivity index (χ1v) is 5.81. The zero-order valence-corrected chi connectivity index (χ0v) is 8.68. The summed E-state index contributed by atoms with van der Waals surface area (Å²) in [4.78, 5) is 0. The zero-order valence-electron chi connectivity index (χ0n) is 8.68. The van der Waals surface area contributed by atoms with E-state index >= 15 is 0 Å². The number of hydrogen-bond acceptors (Lipinski definition) is 2. The van der Waals surface area contributed by atoms with Crippen LogP contribution in [0.15, 0.2) is 0 Å². The van der Waals surface area contributed by atoms with Gasteiger partial charge in [-0.05, 0) is 38.1 Å². The van der Waals surface area contributed by atoms with E-state index < -0.39 is 0 Å². The topological polar surface area (TPSA) is 24.1 Å². The van der Waals surface area contributed by atoms with Crippen molar-refractivity contribution in [1.29, 1.82) is 0 Å². The third-order valence-corrected chi connectivity index (χ3v) is 3.52. The highest BCUT2D eigenvalue weighted by molar-refractivity contribution is 4.82. The SMILES string of the molecule is CC1CCNC(CNC2CCC2)C1. The average molecular weight is 182 g/mol. The van der Waals surface area contributed by atoms with Crippen molar-refractivity contribution in [3.8, 4) is 0 Å². The lowest BCUT2D eigenvalue weighted by atomic mass is 9.91. The second-order valence-corrected chi connectivity index (χ2v) is 4.82. The first-order valence-electron chi connectivity index (χ1n) is 5.81. The van der Waals surface area contributed by atoms with Gasteiger partial charge in [0.1, 0.15) is 0 Å². The molecule has 0 aromatic carbocycles. The molecule has 2 rings (SSSR count). The minimum atomic E-state index is 0.740. The van der Waals surface area contributed by atoms with Gasteiger partial charge in [0.15, 0.2) is 0 Å². The van der Waals surface area contributed by atoms with Crippen LogP contribution in [0.1, 0.15) is 39.0 Å². The summed E-state index contributed by atoms with van der Waals surface area (Å²) >= 11 is 0. The van der Waals surface area contributed by atoms with Crippen molar-refractivity contribution in [3.63, 3.8) is 0 Å². The Kier molecular flexibility index (Phi) is 3.23. The largest absolute Gasteiger partial charge is 0.313 e. The summed E-state index contributed by atoms with van der Waals surface area (Å²) in [6.45, 7) is 4.78. The highest BCUT2D eigenvalue weighted by Gasteiger charge is 2.21. The summed E-state index contributed by atoms with van der Waals surface area (Å²) in [6, 6.07) is 1.59. The third-order valence-electron chi connectivity index (χ3n) is 3.52. The van der Waals surface area contributed by atoms with Gasteiger partial charge in [0.05, 0.1) is 0 Å². The predicted molar refractivity (Wildman–Crippen MR) is 55.8 cm³/mol. The molecule has 2 N–H and O–H groups in total. The van der Waals surface area contributed by atoms with Crippen molar-refractivity contribution in [3.05, 3.63) is 0 Å². The van der Waals surface area contributed by atoms with E-state index in [1.807, 2.05) is 0 Å². The van der Waals surface area contributed by atoms with Crippen molar-refractivity contribution < 1.29 is 0 Å². The molecule has 1 aliphatic heterocycles. The molecule has 0 amide bonds. The molecule has 2 fully saturated rings. The monoisotopic (exact) mass is 182 g/mol. The van der Waals surface area contributed by atoms with Gasteiger partial charge >= 0.3 is 0 Å². The molecule has 1 heterocycles. The Bertz CT molecular complexity index is 154. The maximum atomic E-state index is 3.65. The fraction of sp³-hybridized carbons (Fsp3) is 1.00. The molecule has 0 aromatic rings. The van der Waals surface area contributed by atoms with Crippen LogP contribution in [0.25, 0.3) is 0 Å². The lowest BCUT2D eigenvalue weighted by Gasteiger charge is -2.32. The van der Waals surface area contributed by atoms with E-state index in [9.17, 15) is 0 Å². The minimum Gasteiger partial charge on any atom is -0.313 e. The number of hydrogen-bond donors (Lipinski definition) is 2. The molecule has 1 saturated heterocycles. The fourth-order valence-corrected chi connectivity index (χ4v) is 2.30. The number of piperidine rings is 1. The van der Waals surface area contributed by atoms with Gasteiger partial charge in [0.25, 0.3) is 0 Å². The highest BCUT2D eigenvalue weighted by Crippen LogP contribution is 2.19. The second kappa shape index (κ2) is 4.43. The van der Waals surface area contributed by atoms with E-state index in [0.29, 0.717) is 0 Å². The van der Waals surface area contributed by atoms with E-state index in [1.165, 1.54) is 45.2 Å². The minimum absolute atomic E-state index is 0.740. The van der Waals surface area contributed by atoms with E-state index in [1.54, 1.807) is 0 Å². The molecule has 2 aliphatic rings. The predicted octanol–water partition coefficient (Wildman–Crippen LogP) is 1.52. The summed E-state index contributed by atoms with van der Waals surface area (Å²) in [7, 11) is 0. The first kappa shape index (κ1) is 9.47. The first-order chi connectivity index (χ1) is 6.34. The van der Waals surface area contributed by atoms with Crippen molar-refractivity contribution in [1.82, 2.24) is 10.6 Å². The normalized spacial score (nSPS) is 35.8. The van der Waals surface area contributed by atoms with Crippen LogP contribution < -0.4 is 10.6 Å². The van der Waals surface area contributed by atoms with Crippen LogP contribution in [0.2, 0.25) is 0 Å². The van der Waals surface area contributed by atoms with Crippen molar-refractivity contribution in [2.45, 2.75) is 51.1 Å². The third kappa shape index (κ3) is 2.68. The Morgan fingerprint density at radius 3 is 2.77 bits per heavy atom. The smallest absolute Gasteiger partial charge is 0.0195 e. The van der Waals surface area contributed by atoms with Crippen molar-refractivity contribution in [2.75, 3.05) is 13.1 Å². The molecular formula is C11H22N2. The standard InChI is InChI=1S/C11H22N2/c1-9-5-6-12-11(7-9)8-13-10-3-2-4-10/h9-13H,2-8H2,1H3. The van der Waals surface area contributed by atoms with Gasteiger partial charge in [-0.25, -0.2) is 0 Å². The molecule has 0 aromatic heterocycles. The molecule has 0 spiro atoms. The Morgan fingerprint density at radius 2 is 2.15 bits per heavy atom. The van der Waals surface area contributed by atoms with Crippen LogP contribution in [-0.2, 0) is 0 Å². The van der Waals surface area contributed by atoms with Gasteiger partial charge in [0.2, 0.25) is 0 Å². The number of nitrogens with one attached hydrogen (secondary N) is 2. The second-order valence-electron chi connectivity index (χ2n) is 4.82. The van der Waals surface area contributed by atoms with E-state index in [-0.39, 0.29) is 0 Å². The van der Waals surface area contributed by atoms with Gasteiger partial charge in [-0.15, -0.1) is 0 Å². The van der Waals surface area contributed by atoms with Crippen LogP contribution in [0.3, 0.4) is 0 Å². The molecule has 0 bridgehead atoms. The summed E-state index contributed by atoms with van der Waals surface area (Å²) in [5.41, 5.74) is 0. The van der Waals surface area contributed by atoms with Crippen LogP contribution in [0.4, 0.5) is 0 Å². The lowest BCUT2D eigenvalue weighted by molar-refractivity contribution is 0.274. The van der Waals surface area contributed by atoms with Crippen molar-refractivity contribution in [2.24, 2.45) is 5.92 Å². The van der Waals surface area contributed by atoms with Crippen LogP contribution >= 0.6 is 0 Å². The molecule has 0 radical (unpaired) electrons. The van der Waals surface area contributed by atoms with Crippen molar-refractivity contribution >= 4 is 0 Å². The Morgan fingerprint density at radius 1 is 1.31 bits per heavy atom. The van der Waals surface area contributed by atoms with Crippen LogP contribution in [0, 0.1) is 5.92 Å². The Labute approximate surface area is 81.5 Å². The lowest BCUT2D eigenvalue weighted by Crippen LogP contribution is -2.47.